The molecule has 13 nitrogen and oxygen atoms in total. The number of sulfonamides is 1. The van der Waals surface area contributed by atoms with Crippen molar-refractivity contribution >= 4 is 45.0 Å². The predicted molar refractivity (Wildman–Crippen MR) is 173 cm³/mol. The number of ether oxygens (including phenoxy) is 4. The van der Waals surface area contributed by atoms with Crippen molar-refractivity contribution in [2.45, 2.75) is 55.8 Å². The van der Waals surface area contributed by atoms with Crippen LogP contribution in [0.1, 0.15) is 19.4 Å². The number of hydrogen-bond donors (Lipinski definition) is 3. The zero-order chi connectivity index (χ0) is 32.8. The topological polar surface area (TPSA) is 162 Å². The van der Waals surface area contributed by atoms with Crippen LogP contribution in [0, 0.1) is 11.8 Å². The van der Waals surface area contributed by atoms with Crippen molar-refractivity contribution in [1.82, 2.24) is 14.6 Å². The first-order chi connectivity index (χ1) is 22.1. The Bertz CT molecular complexity index is 1560. The highest BCUT2D eigenvalue weighted by Gasteiger charge is 2.50. The lowest BCUT2D eigenvalue weighted by Gasteiger charge is -2.31. The van der Waals surface area contributed by atoms with Crippen molar-refractivity contribution < 1.29 is 41.7 Å². The van der Waals surface area contributed by atoms with Gasteiger partial charge in [-0.15, -0.1) is 11.8 Å². The zero-order valence-corrected chi connectivity index (χ0v) is 28.0. The van der Waals surface area contributed by atoms with Gasteiger partial charge in [0.2, 0.25) is 10.0 Å². The second kappa shape index (κ2) is 15.3. The van der Waals surface area contributed by atoms with Crippen LogP contribution in [0.4, 0.5) is 10.8 Å². The number of aromatic nitrogens is 1. The minimum atomic E-state index is -4.08. The third-order valence-electron chi connectivity index (χ3n) is 7.92. The summed E-state index contributed by atoms with van der Waals surface area (Å²) in [5, 5.41) is 17.2. The summed E-state index contributed by atoms with van der Waals surface area (Å²) in [7, 11) is -2.43. The maximum absolute atomic E-state index is 14.0. The van der Waals surface area contributed by atoms with Crippen LogP contribution >= 0.6 is 11.8 Å². The smallest absolute Gasteiger partial charge is 0.407 e. The number of thioether (sulfide) groups is 1. The van der Waals surface area contributed by atoms with Crippen molar-refractivity contribution in [2.75, 3.05) is 50.9 Å². The number of oxazole rings is 1. The highest BCUT2D eigenvalue weighted by atomic mass is 32.2. The van der Waals surface area contributed by atoms with E-state index in [1.54, 1.807) is 13.1 Å². The Hall–Kier alpha value is -2.92. The van der Waals surface area contributed by atoms with E-state index >= 15 is 0 Å². The van der Waals surface area contributed by atoms with Crippen molar-refractivity contribution in [3.63, 3.8) is 0 Å². The Labute approximate surface area is 273 Å². The number of alkyl carbamates (subject to hydrolysis) is 1. The largest absolute Gasteiger partial charge is 0.443 e. The number of amides is 1. The molecule has 0 bridgehead atoms. The van der Waals surface area contributed by atoms with Gasteiger partial charge in [-0.2, -0.15) is 9.29 Å². The van der Waals surface area contributed by atoms with Gasteiger partial charge < -0.3 is 39.1 Å². The number of aliphatic hydroxyl groups excluding tert-OH is 1. The predicted octanol–water partition coefficient (Wildman–Crippen LogP) is 3.29. The van der Waals surface area contributed by atoms with Crippen LogP contribution in [-0.2, 0) is 35.4 Å². The molecule has 2 aliphatic rings. The fraction of sp³-hybridized carbons (Fsp3) is 0.548. The molecule has 5 rings (SSSR count). The minimum Gasteiger partial charge on any atom is -0.443 e. The van der Waals surface area contributed by atoms with Gasteiger partial charge in [-0.05, 0) is 36.3 Å². The van der Waals surface area contributed by atoms with Crippen LogP contribution in [0.5, 0.6) is 0 Å². The fourth-order valence-electron chi connectivity index (χ4n) is 5.70. The number of hydrogen-bond acceptors (Lipinski definition) is 12. The van der Waals surface area contributed by atoms with E-state index < -0.39 is 40.7 Å². The first-order valence-electron chi connectivity index (χ1n) is 15.2. The lowest BCUT2D eigenvalue weighted by molar-refractivity contribution is -0.0913. The van der Waals surface area contributed by atoms with Crippen LogP contribution < -0.4 is 10.6 Å². The van der Waals surface area contributed by atoms with E-state index in [1.165, 1.54) is 28.2 Å². The van der Waals surface area contributed by atoms with Gasteiger partial charge in [0, 0.05) is 26.2 Å². The molecule has 2 fully saturated rings. The second-order valence-corrected chi connectivity index (χ2v) is 14.5. The van der Waals surface area contributed by atoms with E-state index in [4.69, 9.17) is 23.4 Å². The van der Waals surface area contributed by atoms with Crippen molar-refractivity contribution in [2.24, 2.45) is 11.8 Å². The molecule has 2 saturated heterocycles. The lowest BCUT2D eigenvalue weighted by atomic mass is 10.00. The van der Waals surface area contributed by atoms with Crippen molar-refractivity contribution in [1.29, 1.82) is 0 Å². The van der Waals surface area contributed by atoms with Gasteiger partial charge in [0.05, 0.1) is 48.2 Å². The number of carbonyl (C=O) groups is 1. The van der Waals surface area contributed by atoms with E-state index in [2.05, 4.69) is 15.6 Å². The SMILES string of the molecule is CNc1nc2ccc(S(=O)(=O)N(CC(C)C)C[C@@H](O)[C@H](Cc3ccccc3)NC(=O)O[C@H]3CO[C@H]4OC[C@H](OCSC)[C@H]43)cc2o1. The molecule has 3 N–H and O–H groups in total. The second-order valence-electron chi connectivity index (χ2n) is 11.8. The zero-order valence-electron chi connectivity index (χ0n) is 26.3. The monoisotopic (exact) mass is 678 g/mol. The summed E-state index contributed by atoms with van der Waals surface area (Å²) in [6, 6.07) is 13.2. The summed E-state index contributed by atoms with van der Waals surface area (Å²) in [4.78, 5) is 17.6. The molecule has 0 unspecified atom stereocenters. The number of nitrogens with zero attached hydrogens (tertiary/aromatic N) is 2. The molecule has 1 aromatic heterocycles. The quantitative estimate of drug-likeness (QED) is 0.202. The number of anilines is 1. The third kappa shape index (κ3) is 8.13. The van der Waals surface area contributed by atoms with Gasteiger partial charge in [-0.25, -0.2) is 13.2 Å². The molecule has 0 saturated carbocycles. The number of rotatable bonds is 15. The summed E-state index contributed by atoms with van der Waals surface area (Å²) < 4.78 is 57.8. The molecular formula is C31H42N4O9S2. The van der Waals surface area contributed by atoms with Crippen LogP contribution in [0.15, 0.2) is 57.8 Å². The maximum Gasteiger partial charge on any atom is 0.407 e. The number of benzene rings is 2. The summed E-state index contributed by atoms with van der Waals surface area (Å²) in [5.41, 5.74) is 1.67. The average molecular weight is 679 g/mol. The molecule has 46 heavy (non-hydrogen) atoms. The van der Waals surface area contributed by atoms with Crippen LogP contribution in [0.3, 0.4) is 0 Å². The Morgan fingerprint density at radius 1 is 1.13 bits per heavy atom. The molecular weight excluding hydrogens is 636 g/mol. The first kappa shape index (κ1) is 34.4. The van der Waals surface area contributed by atoms with E-state index in [-0.39, 0.29) is 55.0 Å². The van der Waals surface area contributed by atoms with E-state index in [9.17, 15) is 18.3 Å². The molecule has 252 valence electrons. The van der Waals surface area contributed by atoms with Gasteiger partial charge in [0.15, 0.2) is 11.9 Å². The average Bonchev–Trinajstić information content (AvgIpc) is 3.75. The Morgan fingerprint density at radius 2 is 1.87 bits per heavy atom. The van der Waals surface area contributed by atoms with Gasteiger partial charge in [-0.3, -0.25) is 0 Å². The third-order valence-corrected chi connectivity index (χ3v) is 10.1. The minimum absolute atomic E-state index is 0.00597. The number of nitrogens with one attached hydrogen (secondary N) is 2. The molecule has 2 aliphatic heterocycles. The van der Waals surface area contributed by atoms with Crippen molar-refractivity contribution in [3.05, 3.63) is 54.1 Å². The van der Waals surface area contributed by atoms with E-state index in [1.807, 2.05) is 50.4 Å². The fourth-order valence-corrected chi connectivity index (χ4v) is 7.65. The molecule has 0 aliphatic carbocycles. The maximum atomic E-state index is 14.0. The molecule has 15 heteroatoms. The molecule has 0 radical (unpaired) electrons. The molecule has 3 heterocycles. The molecule has 3 aromatic rings. The molecule has 2 aromatic carbocycles. The van der Waals surface area contributed by atoms with Gasteiger partial charge in [-0.1, -0.05) is 44.2 Å². The normalized spacial score (nSPS) is 22.7. The van der Waals surface area contributed by atoms with E-state index in [0.717, 1.165) is 5.56 Å². The van der Waals surface area contributed by atoms with Crippen LogP contribution in [0.2, 0.25) is 0 Å². The molecule has 0 spiro atoms. The number of carbonyl (C=O) groups excluding carboxylic acids is 1. The Morgan fingerprint density at radius 3 is 2.57 bits per heavy atom. The highest BCUT2D eigenvalue weighted by molar-refractivity contribution is 7.98. The Balaban J connectivity index is 1.33. The standard InChI is InChI=1S/C31H42N4O9S2/c1-19(2)14-35(46(38,39)21-10-11-22-25(13-21)43-30(32-3)33-22)15-24(36)23(12-20-8-6-5-7-9-20)34-31(37)44-27-17-41-29-28(27)26(16-40-29)42-18-45-4/h5-11,13,19,23-24,26-29,36H,12,14-18H2,1-4H3,(H,32,33)(H,34,37)/t23-,24+,26-,27-,28-,29+/m0/s1. The summed E-state index contributed by atoms with van der Waals surface area (Å²) in [5.74, 6) is 0.135. The molecule has 1 amide bonds. The summed E-state index contributed by atoms with van der Waals surface area (Å²) in [6.07, 6.45) is -1.28. The Kier molecular flexibility index (Phi) is 11.5. The van der Waals surface area contributed by atoms with E-state index in [0.29, 0.717) is 23.6 Å². The molecule has 6 atom stereocenters. The first-order valence-corrected chi connectivity index (χ1v) is 18.0. The van der Waals surface area contributed by atoms with Crippen LogP contribution in [0.25, 0.3) is 11.1 Å². The lowest BCUT2D eigenvalue weighted by Crippen LogP contribution is -2.52. The van der Waals surface area contributed by atoms with Gasteiger partial charge in [0.25, 0.3) is 6.01 Å². The number of fused-ring (bicyclic) bond motifs is 2. The van der Waals surface area contributed by atoms with Gasteiger partial charge in [0.1, 0.15) is 11.6 Å². The summed E-state index contributed by atoms with van der Waals surface area (Å²) in [6.45, 7) is 4.14. The number of aliphatic hydroxyl groups is 1. The highest BCUT2D eigenvalue weighted by Crippen LogP contribution is 2.35. The van der Waals surface area contributed by atoms with Crippen molar-refractivity contribution in [3.8, 4) is 0 Å². The van der Waals surface area contributed by atoms with Gasteiger partial charge >= 0.3 is 6.09 Å². The summed E-state index contributed by atoms with van der Waals surface area (Å²) >= 11 is 1.54. The van der Waals surface area contributed by atoms with Crippen LogP contribution in [-0.4, -0.2) is 105 Å².